The van der Waals surface area contributed by atoms with Crippen LogP contribution >= 0.6 is 0 Å². The van der Waals surface area contributed by atoms with Gasteiger partial charge in [-0.05, 0) is 105 Å². The second-order valence-corrected chi connectivity index (χ2v) is 17.7. The molecule has 5 fully saturated rings. The van der Waals surface area contributed by atoms with Crippen LogP contribution in [0.15, 0.2) is 11.6 Å². The summed E-state index contributed by atoms with van der Waals surface area (Å²) in [6.07, 6.45) is 0.567. The van der Waals surface area contributed by atoms with Gasteiger partial charge in [0.15, 0.2) is 6.29 Å². The molecule has 6 aliphatic rings. The number of allylic oxidation sites excluding steroid dienone is 1. The molecule has 0 aromatic carbocycles. The van der Waals surface area contributed by atoms with E-state index in [1.54, 1.807) is 6.92 Å². The van der Waals surface area contributed by atoms with Crippen LogP contribution in [0, 0.1) is 50.7 Å². The van der Waals surface area contributed by atoms with Crippen molar-refractivity contribution in [2.24, 2.45) is 50.7 Å². The minimum Gasteiger partial charge on any atom is -0.481 e. The van der Waals surface area contributed by atoms with Crippen LogP contribution in [0.3, 0.4) is 0 Å². The van der Waals surface area contributed by atoms with E-state index in [0.29, 0.717) is 25.7 Å². The Balaban J connectivity index is 1.35. The number of carboxylic acid groups (broad SMARTS) is 1. The van der Waals surface area contributed by atoms with Crippen molar-refractivity contribution in [1.29, 1.82) is 0 Å². The predicted octanol–water partition coefficient (Wildman–Crippen LogP) is 4.03. The number of aliphatic hydroxyl groups excluding tert-OH is 4. The molecule has 4 saturated carbocycles. The van der Waals surface area contributed by atoms with Crippen molar-refractivity contribution in [2.75, 3.05) is 0 Å². The summed E-state index contributed by atoms with van der Waals surface area (Å²) < 4.78 is 12.1. The summed E-state index contributed by atoms with van der Waals surface area (Å²) in [7, 11) is 0. The topological polar surface area (TPSA) is 157 Å². The molecule has 16 atom stereocenters. The Morgan fingerprint density at radius 2 is 1.56 bits per heavy atom. The molecular formula is C36H58O9. The first-order valence-corrected chi connectivity index (χ1v) is 17.4. The third-order valence-corrected chi connectivity index (χ3v) is 15.5. The Morgan fingerprint density at radius 3 is 2.20 bits per heavy atom. The number of fused-ring (bicyclic) bond motifs is 7. The molecule has 9 nitrogen and oxygen atoms in total. The molecule has 1 aliphatic heterocycles. The lowest BCUT2D eigenvalue weighted by atomic mass is 9.33. The van der Waals surface area contributed by atoms with Gasteiger partial charge in [-0.1, -0.05) is 53.2 Å². The molecule has 0 amide bonds. The Labute approximate surface area is 268 Å². The number of carboxylic acids is 1. The lowest BCUT2D eigenvalue weighted by Crippen LogP contribution is -2.69. The van der Waals surface area contributed by atoms with Crippen LogP contribution < -0.4 is 0 Å². The third kappa shape index (κ3) is 4.33. The van der Waals surface area contributed by atoms with Gasteiger partial charge < -0.3 is 40.1 Å². The number of aliphatic carboxylic acids is 1. The molecule has 0 radical (unpaired) electrons. The van der Waals surface area contributed by atoms with E-state index in [-0.39, 0.29) is 34.0 Å². The van der Waals surface area contributed by atoms with E-state index in [1.807, 2.05) is 6.92 Å². The SMILES string of the molecule is CC1OC(OC2C(O)CC3(C)C(CCC4(C)C3CC=C3C5C(C(=O)O)(CCC(C)C5(C)O)CCC34C)C2(C)C)C(O)C(O)C1O. The number of carbonyl (C=O) groups is 1. The summed E-state index contributed by atoms with van der Waals surface area (Å²) >= 11 is 0. The largest absolute Gasteiger partial charge is 0.481 e. The maximum Gasteiger partial charge on any atom is 0.310 e. The van der Waals surface area contributed by atoms with Gasteiger partial charge in [-0.25, -0.2) is 0 Å². The highest BCUT2D eigenvalue weighted by Crippen LogP contribution is 2.76. The highest BCUT2D eigenvalue weighted by atomic mass is 16.7. The van der Waals surface area contributed by atoms with Gasteiger partial charge >= 0.3 is 5.97 Å². The first kappa shape index (κ1) is 33.8. The van der Waals surface area contributed by atoms with Crippen LogP contribution in [0.2, 0.25) is 0 Å². The summed E-state index contributed by atoms with van der Waals surface area (Å²) in [6, 6.07) is 0. The van der Waals surface area contributed by atoms with Gasteiger partial charge in [0.05, 0.1) is 29.3 Å². The van der Waals surface area contributed by atoms with Gasteiger partial charge in [-0.3, -0.25) is 4.79 Å². The van der Waals surface area contributed by atoms with Crippen molar-refractivity contribution in [2.45, 2.75) is 155 Å². The number of hydrogen-bond acceptors (Lipinski definition) is 8. The first-order chi connectivity index (χ1) is 20.7. The fourth-order valence-corrected chi connectivity index (χ4v) is 12.5. The first-order valence-electron chi connectivity index (χ1n) is 17.4. The smallest absolute Gasteiger partial charge is 0.310 e. The Hall–Kier alpha value is -1.07. The predicted molar refractivity (Wildman–Crippen MR) is 167 cm³/mol. The fraction of sp³-hybridized carbons (Fsp3) is 0.917. The molecule has 256 valence electrons. The minimum absolute atomic E-state index is 0.00209. The highest BCUT2D eigenvalue weighted by molar-refractivity contribution is 5.77. The van der Waals surface area contributed by atoms with Gasteiger partial charge in [0, 0.05) is 5.92 Å². The Bertz CT molecular complexity index is 1230. The van der Waals surface area contributed by atoms with E-state index >= 15 is 0 Å². The zero-order valence-electron chi connectivity index (χ0n) is 28.5. The van der Waals surface area contributed by atoms with Crippen LogP contribution in [0.1, 0.15) is 107 Å². The average molecular weight is 635 g/mol. The van der Waals surface area contributed by atoms with Crippen molar-refractivity contribution in [1.82, 2.24) is 0 Å². The van der Waals surface area contributed by atoms with E-state index in [9.17, 15) is 35.4 Å². The number of rotatable bonds is 3. The quantitative estimate of drug-likeness (QED) is 0.199. The molecule has 6 rings (SSSR count). The zero-order chi connectivity index (χ0) is 33.3. The molecule has 0 bridgehead atoms. The molecule has 6 N–H and O–H groups in total. The summed E-state index contributed by atoms with van der Waals surface area (Å²) in [6.45, 7) is 16.9. The minimum atomic E-state index is -1.44. The Morgan fingerprint density at radius 1 is 0.889 bits per heavy atom. The second kappa shape index (κ2) is 10.5. The molecule has 9 heteroatoms. The normalized spacial score (nSPS) is 57.4. The summed E-state index contributed by atoms with van der Waals surface area (Å²) in [5.74, 6) is -0.801. The molecule has 1 heterocycles. The van der Waals surface area contributed by atoms with E-state index < -0.39 is 71.2 Å². The van der Waals surface area contributed by atoms with Crippen molar-refractivity contribution >= 4 is 5.97 Å². The van der Waals surface area contributed by atoms with Gasteiger partial charge in [-0.2, -0.15) is 0 Å². The molecule has 16 unspecified atom stereocenters. The van der Waals surface area contributed by atoms with Crippen LogP contribution in [0.4, 0.5) is 0 Å². The van der Waals surface area contributed by atoms with Crippen LogP contribution in [0.25, 0.3) is 0 Å². The van der Waals surface area contributed by atoms with E-state index in [0.717, 1.165) is 31.3 Å². The molecule has 0 aromatic rings. The standard InChI is InChI=1S/C36H58O9/c1-18-11-14-36(30(41)42)16-15-33(6)20(27(36)35(18,8)43)9-10-23-32(5)17-21(37)28(31(3,4)22(32)12-13-34(23,33)7)45-29-26(40)25(39)24(38)19(2)44-29/h9,18-19,21-29,37-40,43H,10-17H2,1-8H3,(H,41,42). The zero-order valence-corrected chi connectivity index (χ0v) is 28.5. The van der Waals surface area contributed by atoms with Gasteiger partial charge in [0.25, 0.3) is 0 Å². The van der Waals surface area contributed by atoms with Crippen molar-refractivity contribution in [3.8, 4) is 0 Å². The van der Waals surface area contributed by atoms with Gasteiger partial charge in [0.1, 0.15) is 18.3 Å². The molecule has 0 aromatic heterocycles. The van der Waals surface area contributed by atoms with E-state index in [4.69, 9.17) is 9.47 Å². The third-order valence-electron chi connectivity index (χ3n) is 15.5. The molecular weight excluding hydrogens is 576 g/mol. The van der Waals surface area contributed by atoms with E-state index in [2.05, 4.69) is 47.6 Å². The molecule has 45 heavy (non-hydrogen) atoms. The summed E-state index contributed by atoms with van der Waals surface area (Å²) in [4.78, 5) is 13.0. The van der Waals surface area contributed by atoms with Crippen LogP contribution in [-0.4, -0.2) is 85.1 Å². The van der Waals surface area contributed by atoms with Crippen molar-refractivity contribution in [3.05, 3.63) is 11.6 Å². The molecule has 5 aliphatic carbocycles. The monoisotopic (exact) mass is 634 g/mol. The number of ether oxygens (including phenoxy) is 2. The Kier molecular flexibility index (Phi) is 7.86. The summed E-state index contributed by atoms with van der Waals surface area (Å²) in [5, 5.41) is 65.9. The molecule has 1 saturated heterocycles. The fourth-order valence-electron chi connectivity index (χ4n) is 12.5. The van der Waals surface area contributed by atoms with Crippen LogP contribution in [-0.2, 0) is 14.3 Å². The lowest BCUT2D eigenvalue weighted by Gasteiger charge is -2.72. The van der Waals surface area contributed by atoms with Crippen molar-refractivity contribution < 1.29 is 44.9 Å². The van der Waals surface area contributed by atoms with Gasteiger partial charge in [0.2, 0.25) is 0 Å². The second-order valence-electron chi connectivity index (χ2n) is 17.7. The number of hydrogen-bond donors (Lipinski definition) is 6. The maximum absolute atomic E-state index is 13.0. The summed E-state index contributed by atoms with van der Waals surface area (Å²) in [5.41, 5.74) is -2.13. The van der Waals surface area contributed by atoms with Crippen LogP contribution in [0.5, 0.6) is 0 Å². The molecule has 0 spiro atoms. The van der Waals surface area contributed by atoms with Crippen molar-refractivity contribution in [3.63, 3.8) is 0 Å². The number of aliphatic hydroxyl groups is 5. The average Bonchev–Trinajstić information content (AvgIpc) is 2.94. The van der Waals surface area contributed by atoms with E-state index in [1.165, 1.54) is 0 Å². The maximum atomic E-state index is 13.0. The lowest BCUT2D eigenvalue weighted by molar-refractivity contribution is -0.336. The van der Waals surface area contributed by atoms with Gasteiger partial charge in [-0.15, -0.1) is 0 Å². The highest BCUT2D eigenvalue weighted by Gasteiger charge is 2.72.